The average molecular weight is 447 g/mol. The maximum absolute atomic E-state index is 14.2. The maximum atomic E-state index is 14.2. The van der Waals surface area contributed by atoms with Crippen LogP contribution in [0, 0.1) is 12.7 Å². The zero-order chi connectivity index (χ0) is 22.5. The zero-order valence-electron chi connectivity index (χ0n) is 16.9. The summed E-state index contributed by atoms with van der Waals surface area (Å²) in [5.41, 5.74) is -1.13. The van der Waals surface area contributed by atoms with E-state index in [9.17, 15) is 18.8 Å². The van der Waals surface area contributed by atoms with Gasteiger partial charge in [0.2, 0.25) is 5.69 Å². The van der Waals surface area contributed by atoms with E-state index in [0.717, 1.165) is 14.8 Å². The summed E-state index contributed by atoms with van der Waals surface area (Å²) in [5.74, 6) is -1.36. The molecule has 0 fully saturated rings. The van der Waals surface area contributed by atoms with E-state index >= 15 is 0 Å². The number of nitrogens with zero attached hydrogens (tertiary/aromatic N) is 3. The van der Waals surface area contributed by atoms with E-state index in [4.69, 9.17) is 16.3 Å². The van der Waals surface area contributed by atoms with Gasteiger partial charge in [0.1, 0.15) is 5.82 Å². The van der Waals surface area contributed by atoms with Gasteiger partial charge >= 0.3 is 5.69 Å². The van der Waals surface area contributed by atoms with E-state index in [0.29, 0.717) is 5.02 Å². The summed E-state index contributed by atoms with van der Waals surface area (Å²) in [6, 6.07) is 10.5. The van der Waals surface area contributed by atoms with E-state index in [1.807, 2.05) is 0 Å². The molecule has 1 amide bonds. The number of hydrogen-bond donors (Lipinski definition) is 1. The number of nitrogens with one attached hydrogen (secondary N) is 1. The predicted octanol–water partition coefficient (Wildman–Crippen LogP) is 1.92. The highest BCUT2D eigenvalue weighted by atomic mass is 35.5. The first-order valence-corrected chi connectivity index (χ1v) is 9.72. The Kier molecular flexibility index (Phi) is 6.98. The molecule has 1 aromatic heterocycles. The van der Waals surface area contributed by atoms with Gasteiger partial charge in [-0.25, -0.2) is 9.18 Å². The number of halogens is 2. The summed E-state index contributed by atoms with van der Waals surface area (Å²) in [6.45, 7) is 1.78. The van der Waals surface area contributed by atoms with Crippen molar-refractivity contribution in [3.63, 3.8) is 0 Å². The lowest BCUT2D eigenvalue weighted by atomic mass is 10.2. The van der Waals surface area contributed by atoms with Crippen LogP contribution in [0.25, 0.3) is 5.69 Å². The van der Waals surface area contributed by atoms with Crippen LogP contribution in [0.2, 0.25) is 5.02 Å². The number of methoxy groups -OCH3 is 1. The minimum absolute atomic E-state index is 0.118. The summed E-state index contributed by atoms with van der Waals surface area (Å²) >= 11 is 6.17. The molecule has 1 heterocycles. The number of aryl methyl sites for hydroxylation is 1. The van der Waals surface area contributed by atoms with Crippen LogP contribution in [0.4, 0.5) is 4.39 Å². The molecule has 0 aliphatic heterocycles. The van der Waals surface area contributed by atoms with Crippen molar-refractivity contribution in [3.8, 4) is 5.69 Å². The van der Waals surface area contributed by atoms with E-state index in [-0.39, 0.29) is 30.9 Å². The van der Waals surface area contributed by atoms with Crippen LogP contribution in [-0.2, 0) is 11.3 Å². The number of carbonyl (C=O) groups is 1. The summed E-state index contributed by atoms with van der Waals surface area (Å²) < 4.78 is 20.7. The molecule has 1 N–H and O–H groups in total. The van der Waals surface area contributed by atoms with E-state index in [1.54, 1.807) is 25.1 Å². The fourth-order valence-corrected chi connectivity index (χ4v) is 3.00. The first-order valence-electron chi connectivity index (χ1n) is 9.34. The molecule has 0 radical (unpaired) electrons. The number of hydrogen-bond acceptors (Lipinski definition) is 5. The molecule has 0 atom stereocenters. The fraction of sp³-hybridized carbons (Fsp3) is 0.238. The minimum atomic E-state index is -0.933. The Balaban J connectivity index is 2.18. The van der Waals surface area contributed by atoms with Gasteiger partial charge in [0.25, 0.3) is 11.5 Å². The van der Waals surface area contributed by atoms with Crippen molar-refractivity contribution in [2.24, 2.45) is 0 Å². The summed E-state index contributed by atoms with van der Waals surface area (Å²) in [5, 5.41) is 6.87. The number of carbonyl (C=O) groups excluding carboxylic acids is 1. The molecule has 0 unspecified atom stereocenters. The van der Waals surface area contributed by atoms with Gasteiger partial charge in [-0.2, -0.15) is 9.78 Å². The van der Waals surface area contributed by atoms with Gasteiger partial charge < -0.3 is 10.1 Å². The lowest BCUT2D eigenvalue weighted by molar-refractivity contribution is 0.0927. The van der Waals surface area contributed by atoms with E-state index in [2.05, 4.69) is 10.4 Å². The van der Waals surface area contributed by atoms with Gasteiger partial charge in [-0.1, -0.05) is 35.9 Å². The molecule has 162 valence electrons. The third-order valence-corrected chi connectivity index (χ3v) is 4.96. The number of ether oxygens (including phenoxy) is 1. The smallest absolute Gasteiger partial charge is 0.352 e. The minimum Gasteiger partial charge on any atom is -0.383 e. The number of rotatable bonds is 7. The lowest BCUT2D eigenvalue weighted by Crippen LogP contribution is -2.46. The number of aromatic nitrogens is 3. The van der Waals surface area contributed by atoms with Crippen molar-refractivity contribution < 1.29 is 13.9 Å². The lowest BCUT2D eigenvalue weighted by Gasteiger charge is -2.13. The van der Waals surface area contributed by atoms with Crippen LogP contribution in [-0.4, -0.2) is 40.5 Å². The quantitative estimate of drug-likeness (QED) is 0.559. The van der Waals surface area contributed by atoms with Gasteiger partial charge in [0.15, 0.2) is 0 Å². The molecule has 3 rings (SSSR count). The monoisotopic (exact) mass is 446 g/mol. The molecule has 31 heavy (non-hydrogen) atoms. The molecular weight excluding hydrogens is 427 g/mol. The van der Waals surface area contributed by atoms with Crippen LogP contribution in [0.1, 0.15) is 21.6 Å². The van der Waals surface area contributed by atoms with Gasteiger partial charge in [-0.05, 0) is 30.7 Å². The maximum Gasteiger partial charge on any atom is 0.352 e. The molecule has 10 heteroatoms. The topological polar surface area (TPSA) is 95.2 Å². The first kappa shape index (κ1) is 22.4. The molecule has 2 aromatic carbocycles. The zero-order valence-corrected chi connectivity index (χ0v) is 17.6. The summed E-state index contributed by atoms with van der Waals surface area (Å²) in [6.07, 6.45) is 0. The first-order chi connectivity index (χ1) is 14.8. The van der Waals surface area contributed by atoms with Crippen LogP contribution >= 0.6 is 11.6 Å². The van der Waals surface area contributed by atoms with Gasteiger partial charge in [-0.15, -0.1) is 0 Å². The van der Waals surface area contributed by atoms with Crippen molar-refractivity contribution >= 4 is 17.5 Å². The largest absolute Gasteiger partial charge is 0.383 e. The van der Waals surface area contributed by atoms with E-state index in [1.165, 1.54) is 31.4 Å². The Hall–Kier alpha value is -3.30. The molecule has 0 saturated carbocycles. The Labute approximate surface area is 181 Å². The van der Waals surface area contributed by atoms with Crippen LogP contribution in [0.5, 0.6) is 0 Å². The molecular formula is C21H20ClFN4O4. The highest BCUT2D eigenvalue weighted by molar-refractivity contribution is 6.31. The Morgan fingerprint density at radius 1 is 1.23 bits per heavy atom. The van der Waals surface area contributed by atoms with Crippen molar-refractivity contribution in [2.75, 3.05) is 20.3 Å². The SMILES string of the molecule is COCCNC(=O)c1nn(-c2ccc(C)c(Cl)c2)c(=O)n(Cc2ccccc2F)c1=O. The fourth-order valence-electron chi connectivity index (χ4n) is 2.83. The molecule has 0 bridgehead atoms. The number of amides is 1. The third-order valence-electron chi connectivity index (χ3n) is 4.55. The summed E-state index contributed by atoms with van der Waals surface area (Å²) in [7, 11) is 1.47. The second kappa shape index (κ2) is 9.67. The second-order valence-electron chi connectivity index (χ2n) is 6.71. The van der Waals surface area contributed by atoms with Gasteiger partial charge in [0.05, 0.1) is 18.8 Å². The third kappa shape index (κ3) is 4.89. The Bertz CT molecular complexity index is 1240. The molecule has 0 spiro atoms. The predicted molar refractivity (Wildman–Crippen MR) is 114 cm³/mol. The van der Waals surface area contributed by atoms with Gasteiger partial charge in [0, 0.05) is 24.2 Å². The van der Waals surface area contributed by atoms with Gasteiger partial charge in [-0.3, -0.25) is 14.2 Å². The van der Waals surface area contributed by atoms with Crippen LogP contribution in [0.15, 0.2) is 52.1 Å². The highest BCUT2D eigenvalue weighted by Gasteiger charge is 2.21. The van der Waals surface area contributed by atoms with E-state index < -0.39 is 28.7 Å². The Morgan fingerprint density at radius 3 is 2.65 bits per heavy atom. The van der Waals surface area contributed by atoms with Crippen molar-refractivity contribution in [1.29, 1.82) is 0 Å². The van der Waals surface area contributed by atoms with Crippen molar-refractivity contribution in [1.82, 2.24) is 19.7 Å². The van der Waals surface area contributed by atoms with Crippen molar-refractivity contribution in [2.45, 2.75) is 13.5 Å². The normalized spacial score (nSPS) is 10.8. The Morgan fingerprint density at radius 2 is 1.97 bits per heavy atom. The van der Waals surface area contributed by atoms with Crippen LogP contribution in [0.3, 0.4) is 0 Å². The number of benzene rings is 2. The van der Waals surface area contributed by atoms with Crippen molar-refractivity contribution in [3.05, 3.63) is 91.0 Å². The second-order valence-corrected chi connectivity index (χ2v) is 7.12. The summed E-state index contributed by atoms with van der Waals surface area (Å²) in [4.78, 5) is 38.6. The molecule has 0 aliphatic carbocycles. The standard InChI is InChI=1S/C21H20ClFN4O4/c1-13-7-8-15(11-16(13)22)27-21(30)26(12-14-5-3-4-6-17(14)23)20(29)18(25-27)19(28)24-9-10-31-2/h3-8,11H,9-10,12H2,1-2H3,(H,24,28). The average Bonchev–Trinajstić information content (AvgIpc) is 2.74. The molecule has 3 aromatic rings. The molecule has 8 nitrogen and oxygen atoms in total. The highest BCUT2D eigenvalue weighted by Crippen LogP contribution is 2.18. The molecule has 0 aliphatic rings. The molecule has 0 saturated heterocycles. The van der Waals surface area contributed by atoms with Crippen LogP contribution < -0.4 is 16.6 Å².